The Morgan fingerprint density at radius 2 is 0.440 bits per heavy atom. The molecule has 0 saturated carbocycles. The first-order valence-electron chi connectivity index (χ1n) is 36.1. The van der Waals surface area contributed by atoms with Crippen LogP contribution < -0.4 is 21.3 Å². The summed E-state index contributed by atoms with van der Waals surface area (Å²) in [6, 6.07) is 70.9. The summed E-state index contributed by atoms with van der Waals surface area (Å²) in [5.41, 5.74) is 18.4. The highest BCUT2D eigenvalue weighted by atomic mass is 28.5. The smallest absolute Gasteiger partial charge is 0.407 e. The molecule has 1 aliphatic heterocycles. The number of hydrogen-bond acceptors (Lipinski definition) is 12. The monoisotopic (exact) mass is 1410 g/mol. The molecule has 100 heavy (non-hydrogen) atoms. The molecule has 4 amide bonds. The van der Waals surface area contributed by atoms with E-state index in [1.807, 2.05) is 97.1 Å². The van der Waals surface area contributed by atoms with E-state index < -0.39 is 58.6 Å². The number of hydrogen-bond donors (Lipinski definition) is 4. The maximum Gasteiger partial charge on any atom is 0.407 e. The van der Waals surface area contributed by atoms with Gasteiger partial charge in [-0.1, -0.05) is 222 Å². The first-order valence-corrected chi connectivity index (χ1v) is 45.0. The lowest BCUT2D eigenvalue weighted by molar-refractivity contribution is 0.142. The Balaban J connectivity index is 0.717. The average Bonchev–Trinajstić information content (AvgIpc) is 1.48. The molecule has 0 atom stereocenters. The van der Waals surface area contributed by atoms with E-state index >= 15 is 0 Å². The Hall–Kier alpha value is -8.45. The summed E-state index contributed by atoms with van der Waals surface area (Å²) in [4.78, 5) is 54.9. The second-order valence-corrected chi connectivity index (χ2v) is 42.3. The third-order valence-corrected chi connectivity index (χ3v) is 41.7. The van der Waals surface area contributed by atoms with Crippen LogP contribution in [0.25, 0.3) is 44.5 Å². The van der Waals surface area contributed by atoms with E-state index in [0.717, 1.165) is 89.0 Å². The minimum absolute atomic E-state index is 0.0792. The van der Waals surface area contributed by atoms with Crippen molar-refractivity contribution in [3.05, 3.63) is 239 Å². The quantitative estimate of drug-likeness (QED) is 0.0207. The fraction of sp³-hybridized carbons (Fsp3) is 0.350. The van der Waals surface area contributed by atoms with Crippen molar-refractivity contribution in [2.75, 3.05) is 52.6 Å². The molecule has 1 fully saturated rings. The van der Waals surface area contributed by atoms with Gasteiger partial charge in [-0.15, -0.1) is 0 Å². The Morgan fingerprint density at radius 1 is 0.280 bits per heavy atom. The van der Waals surface area contributed by atoms with Crippen LogP contribution in [0.2, 0.25) is 48.4 Å². The lowest BCUT2D eigenvalue weighted by Gasteiger charge is -2.53. The minimum atomic E-state index is -3.37. The molecular weight excluding hydrogens is 1320 g/mol. The molecule has 0 aromatic heterocycles. The van der Waals surface area contributed by atoms with Gasteiger partial charge in [-0.3, -0.25) is 0 Å². The van der Waals surface area contributed by atoms with Gasteiger partial charge in [0.05, 0.1) is 0 Å². The number of carbonyl (C=O) groups excluding carboxylic acids is 4. The van der Waals surface area contributed by atoms with Crippen molar-refractivity contribution in [3.63, 3.8) is 0 Å². The number of ether oxygens (including phenoxy) is 4. The van der Waals surface area contributed by atoms with Crippen molar-refractivity contribution in [3.8, 4) is 44.5 Å². The second-order valence-electron chi connectivity index (χ2n) is 26.9. The zero-order valence-corrected chi connectivity index (χ0v) is 61.8. The first kappa shape index (κ1) is 70.0. The Labute approximate surface area is 592 Å². The predicted molar refractivity (Wildman–Crippen MR) is 399 cm³/mol. The molecule has 0 unspecified atom stereocenters. The first-order chi connectivity index (χ1) is 48.9. The summed E-state index contributed by atoms with van der Waals surface area (Å²) in [5, 5.41) is 12.3. The molecule has 16 nitrogen and oxygen atoms in total. The SMILES string of the molecule is CC[Si]1(CCCNC(=O)OCC2c3ccccc3-c3ccccc32)O[Si](CC)(CCCNC(=O)OCC2c3ccccc3-c3ccccc32)O[Si](CC)(CCCNC(=O)OCC2c3ccccc3-c3ccccc32)O[Si](CC)(CCCNC(=O)OCC2c3ccccc3-c3ccccc32)O1. The average molecular weight is 1410 g/mol. The number of amides is 4. The van der Waals surface area contributed by atoms with E-state index in [1.54, 1.807) is 0 Å². The fourth-order valence-electron chi connectivity index (χ4n) is 15.9. The normalized spacial score (nSPS) is 20.2. The summed E-state index contributed by atoms with van der Waals surface area (Å²) in [5.74, 6) is -0.317. The number of fused-ring (bicyclic) bond motifs is 12. The molecule has 8 aromatic rings. The summed E-state index contributed by atoms with van der Waals surface area (Å²) < 4.78 is 55.9. The highest BCUT2D eigenvalue weighted by Gasteiger charge is 2.60. The van der Waals surface area contributed by atoms with Gasteiger partial charge in [0.1, 0.15) is 26.4 Å². The van der Waals surface area contributed by atoms with Crippen molar-refractivity contribution in [2.45, 2.75) is 125 Å². The van der Waals surface area contributed by atoms with Crippen LogP contribution in [0.3, 0.4) is 0 Å². The van der Waals surface area contributed by atoms with Crippen molar-refractivity contribution < 1.29 is 54.6 Å². The molecule has 5 aliphatic rings. The van der Waals surface area contributed by atoms with E-state index in [-0.39, 0.29) is 50.1 Å². The van der Waals surface area contributed by atoms with E-state index in [2.05, 4.69) is 146 Å². The van der Waals surface area contributed by atoms with Crippen LogP contribution in [-0.4, -0.2) is 111 Å². The molecule has 0 bridgehead atoms. The number of alkyl carbamates (subject to hydrolysis) is 4. The molecule has 1 saturated heterocycles. The standard InChI is InChI=1S/C80H92N4O12Si4/c1-5-97(49-25-45-81-77(85)89-53-73-65-37-17-9-29-57(65)58-30-10-18-38-66(58)73)93-98(6-2,50-26-46-82-78(86)90-54-74-67-39-19-11-31-59(67)60-32-12-20-40-68(60)74)95-100(8-4,52-28-48-84-80(88)92-56-76-71-43-23-15-35-63(71)64-36-16-24-44-72(64)76)96-99(7-3,94-97)51-27-47-83-79(87)91-55-75-69-41-21-13-33-61(69)62-34-14-22-42-70(62)75/h9-24,29-44,73-76H,5-8,25-28,45-56H2,1-4H3,(H,81,85)(H,82,86)(H,83,87)(H,84,88). The van der Waals surface area contributed by atoms with Gasteiger partial charge in [0.15, 0.2) is 0 Å². The zero-order valence-electron chi connectivity index (χ0n) is 57.8. The van der Waals surface area contributed by atoms with Crippen molar-refractivity contribution in [2.24, 2.45) is 0 Å². The van der Waals surface area contributed by atoms with Crippen LogP contribution in [0, 0.1) is 0 Å². The molecule has 13 rings (SSSR count). The number of benzene rings is 8. The van der Waals surface area contributed by atoms with Crippen molar-refractivity contribution in [1.29, 1.82) is 0 Å². The van der Waals surface area contributed by atoms with Crippen LogP contribution in [0.4, 0.5) is 19.2 Å². The molecule has 520 valence electrons. The van der Waals surface area contributed by atoms with Gasteiger partial charge in [-0.25, -0.2) is 19.2 Å². The molecule has 8 aromatic carbocycles. The van der Waals surface area contributed by atoms with E-state index in [4.69, 9.17) is 35.4 Å². The van der Waals surface area contributed by atoms with E-state index in [9.17, 15) is 19.2 Å². The molecule has 0 radical (unpaired) electrons. The van der Waals surface area contributed by atoms with Crippen LogP contribution in [0.1, 0.15) is 122 Å². The molecule has 4 aliphatic carbocycles. The lowest BCUT2D eigenvalue weighted by Crippen LogP contribution is -2.70. The summed E-state index contributed by atoms with van der Waals surface area (Å²) >= 11 is 0. The van der Waals surface area contributed by atoms with Gasteiger partial charge in [-0.2, -0.15) is 0 Å². The van der Waals surface area contributed by atoms with Gasteiger partial charge in [0.25, 0.3) is 0 Å². The van der Waals surface area contributed by atoms with Gasteiger partial charge in [0, 0.05) is 49.9 Å². The summed E-state index contributed by atoms with van der Waals surface area (Å²) in [6.07, 6.45) is 0.191. The van der Waals surface area contributed by atoms with Gasteiger partial charge in [-0.05, 0) is 163 Å². The maximum absolute atomic E-state index is 13.7. The Bertz CT molecular complexity index is 3510. The zero-order chi connectivity index (χ0) is 69.1. The third kappa shape index (κ3) is 15.1. The highest BCUT2D eigenvalue weighted by Crippen LogP contribution is 2.50. The number of rotatable bonds is 28. The van der Waals surface area contributed by atoms with Crippen LogP contribution >= 0.6 is 0 Å². The molecular formula is C80H92N4O12Si4. The maximum atomic E-state index is 13.7. The number of nitrogens with one attached hydrogen (secondary N) is 4. The third-order valence-electron chi connectivity index (χ3n) is 21.0. The molecule has 4 N–H and O–H groups in total. The van der Waals surface area contributed by atoms with E-state index in [0.29, 0.717) is 100 Å². The summed E-state index contributed by atoms with van der Waals surface area (Å²) in [6.45, 7) is 10.6. The Morgan fingerprint density at radius 3 is 0.600 bits per heavy atom. The number of carbonyl (C=O) groups is 4. The van der Waals surface area contributed by atoms with Crippen LogP contribution in [0.5, 0.6) is 0 Å². The van der Waals surface area contributed by atoms with Crippen molar-refractivity contribution >= 4 is 58.6 Å². The topological polar surface area (TPSA) is 190 Å². The molecule has 0 spiro atoms. The fourth-order valence-corrected chi connectivity index (χ4v) is 41.1. The van der Waals surface area contributed by atoms with E-state index in [1.165, 1.54) is 0 Å². The molecule has 1 heterocycles. The van der Waals surface area contributed by atoms with Gasteiger partial charge in [0.2, 0.25) is 0 Å². The predicted octanol–water partition coefficient (Wildman–Crippen LogP) is 17.6. The lowest BCUT2D eigenvalue weighted by atomic mass is 9.98. The second kappa shape index (κ2) is 31.6. The van der Waals surface area contributed by atoms with Gasteiger partial charge < -0.3 is 56.7 Å². The largest absolute Gasteiger partial charge is 0.449 e. The highest BCUT2D eigenvalue weighted by molar-refractivity contribution is 6.95. The summed E-state index contributed by atoms with van der Waals surface area (Å²) in [7, 11) is -13.5. The van der Waals surface area contributed by atoms with Crippen LogP contribution in [0.15, 0.2) is 194 Å². The minimum Gasteiger partial charge on any atom is -0.449 e. The molecule has 20 heteroatoms. The van der Waals surface area contributed by atoms with Crippen molar-refractivity contribution in [1.82, 2.24) is 21.3 Å². The van der Waals surface area contributed by atoms with Crippen LogP contribution in [-0.2, 0) is 35.4 Å². The Kier molecular flexibility index (Phi) is 22.1. The van der Waals surface area contributed by atoms with Gasteiger partial charge >= 0.3 is 58.6 Å².